The molecule has 35 heavy (non-hydrogen) atoms. The minimum absolute atomic E-state index is 0.323. The van der Waals surface area contributed by atoms with Crippen LogP contribution >= 0.6 is 0 Å². The topological polar surface area (TPSA) is 42.8 Å². The first-order valence-electron chi connectivity index (χ1n) is 12.3. The Morgan fingerprint density at radius 2 is 1.51 bits per heavy atom. The molecule has 4 heterocycles. The van der Waals surface area contributed by atoms with E-state index in [-0.39, 0.29) is 0 Å². The number of piperazine rings is 1. The molecular weight excluding hydrogens is 436 g/mol. The standard InChI is InChI=1S/C29H30N4O2/c1-22-17-25(29(24-7-3-2-4-8-24)33(22)28-9-5-6-12-30-28)20-32-15-13-31(14-16-32)19-23-10-11-26-27(18-23)35-21-34-26/h2-12,17-18H,13-16,19-21H2,1H3. The van der Waals surface area contributed by atoms with E-state index in [4.69, 9.17) is 9.47 Å². The second-order valence-electron chi connectivity index (χ2n) is 9.29. The normalized spacial score (nSPS) is 16.0. The summed E-state index contributed by atoms with van der Waals surface area (Å²) in [5.41, 5.74) is 6.30. The molecule has 1 fully saturated rings. The Morgan fingerprint density at radius 1 is 0.771 bits per heavy atom. The molecule has 6 nitrogen and oxygen atoms in total. The lowest BCUT2D eigenvalue weighted by Crippen LogP contribution is -2.45. The van der Waals surface area contributed by atoms with Crippen LogP contribution in [-0.2, 0) is 13.1 Å². The van der Waals surface area contributed by atoms with E-state index in [0.29, 0.717) is 6.79 Å². The van der Waals surface area contributed by atoms with Crippen molar-refractivity contribution in [3.05, 3.63) is 95.8 Å². The fraction of sp³-hybridized carbons (Fsp3) is 0.276. The maximum atomic E-state index is 5.55. The number of aryl methyl sites for hydroxylation is 1. The van der Waals surface area contributed by atoms with Crippen molar-refractivity contribution in [1.82, 2.24) is 19.4 Å². The molecule has 0 aliphatic carbocycles. The summed E-state index contributed by atoms with van der Waals surface area (Å²) in [6, 6.07) is 25.4. The number of fused-ring (bicyclic) bond motifs is 1. The molecule has 0 radical (unpaired) electrons. The Labute approximate surface area is 206 Å². The van der Waals surface area contributed by atoms with Crippen molar-refractivity contribution < 1.29 is 9.47 Å². The van der Waals surface area contributed by atoms with Crippen molar-refractivity contribution in [3.63, 3.8) is 0 Å². The van der Waals surface area contributed by atoms with Crippen LogP contribution in [0.3, 0.4) is 0 Å². The van der Waals surface area contributed by atoms with Crippen LogP contribution in [0.4, 0.5) is 0 Å². The van der Waals surface area contributed by atoms with Crippen LogP contribution in [0.25, 0.3) is 17.1 Å². The Bertz CT molecular complexity index is 1300. The molecule has 6 rings (SSSR count). The third-order valence-corrected chi connectivity index (χ3v) is 6.89. The molecule has 0 unspecified atom stereocenters. The van der Waals surface area contributed by atoms with Crippen molar-refractivity contribution in [2.24, 2.45) is 0 Å². The zero-order valence-corrected chi connectivity index (χ0v) is 20.1. The van der Waals surface area contributed by atoms with Gasteiger partial charge in [-0.1, -0.05) is 42.5 Å². The van der Waals surface area contributed by atoms with E-state index in [1.165, 1.54) is 28.1 Å². The molecule has 2 aliphatic heterocycles. The SMILES string of the molecule is Cc1cc(CN2CCN(Cc3ccc4c(c3)OCO4)CC2)c(-c2ccccc2)n1-c1ccccn1. The highest BCUT2D eigenvalue weighted by molar-refractivity contribution is 5.67. The molecule has 178 valence electrons. The number of benzene rings is 2. The second kappa shape index (κ2) is 9.56. The van der Waals surface area contributed by atoms with Crippen LogP contribution in [-0.4, -0.2) is 52.3 Å². The number of rotatable bonds is 6. The van der Waals surface area contributed by atoms with Crippen molar-refractivity contribution in [1.29, 1.82) is 0 Å². The summed E-state index contributed by atoms with van der Waals surface area (Å²) in [5, 5.41) is 0. The number of nitrogens with zero attached hydrogens (tertiary/aromatic N) is 4. The third-order valence-electron chi connectivity index (χ3n) is 6.89. The monoisotopic (exact) mass is 466 g/mol. The summed E-state index contributed by atoms with van der Waals surface area (Å²) in [6.07, 6.45) is 1.86. The molecule has 6 heteroatoms. The van der Waals surface area contributed by atoms with Gasteiger partial charge in [-0.3, -0.25) is 14.4 Å². The van der Waals surface area contributed by atoms with Crippen LogP contribution in [0.15, 0.2) is 79.0 Å². The predicted molar refractivity (Wildman–Crippen MR) is 137 cm³/mol. The van der Waals surface area contributed by atoms with Crippen molar-refractivity contribution in [2.75, 3.05) is 33.0 Å². The van der Waals surface area contributed by atoms with Gasteiger partial charge < -0.3 is 9.47 Å². The second-order valence-corrected chi connectivity index (χ2v) is 9.29. The minimum Gasteiger partial charge on any atom is -0.454 e. The van der Waals surface area contributed by atoms with E-state index < -0.39 is 0 Å². The Balaban J connectivity index is 1.18. The molecule has 1 saturated heterocycles. The van der Waals surface area contributed by atoms with Gasteiger partial charge in [-0.25, -0.2) is 4.98 Å². The predicted octanol–water partition coefficient (Wildman–Crippen LogP) is 4.89. The maximum Gasteiger partial charge on any atom is 0.231 e. The van der Waals surface area contributed by atoms with Crippen LogP contribution in [0.2, 0.25) is 0 Å². The van der Waals surface area contributed by atoms with Crippen LogP contribution in [0.5, 0.6) is 11.5 Å². The molecule has 2 aliphatic rings. The van der Waals surface area contributed by atoms with Gasteiger partial charge in [0.05, 0.1) is 5.69 Å². The lowest BCUT2D eigenvalue weighted by atomic mass is 10.1. The largest absolute Gasteiger partial charge is 0.454 e. The minimum atomic E-state index is 0.323. The van der Waals surface area contributed by atoms with Gasteiger partial charge in [0.25, 0.3) is 0 Å². The average molecular weight is 467 g/mol. The number of pyridine rings is 1. The van der Waals surface area contributed by atoms with Crippen molar-refractivity contribution in [2.45, 2.75) is 20.0 Å². The number of hydrogen-bond acceptors (Lipinski definition) is 5. The number of hydrogen-bond donors (Lipinski definition) is 0. The molecule has 4 aromatic rings. The first-order valence-corrected chi connectivity index (χ1v) is 12.3. The highest BCUT2D eigenvalue weighted by atomic mass is 16.7. The molecule has 0 saturated carbocycles. The Morgan fingerprint density at radius 3 is 2.29 bits per heavy atom. The summed E-state index contributed by atoms with van der Waals surface area (Å²) in [4.78, 5) is 9.75. The summed E-state index contributed by atoms with van der Waals surface area (Å²) in [7, 11) is 0. The fourth-order valence-corrected chi connectivity index (χ4v) is 5.16. The zero-order chi connectivity index (χ0) is 23.6. The van der Waals surface area contributed by atoms with E-state index in [1.54, 1.807) is 0 Å². The van der Waals surface area contributed by atoms with Gasteiger partial charge in [0.2, 0.25) is 6.79 Å². The van der Waals surface area contributed by atoms with E-state index >= 15 is 0 Å². The van der Waals surface area contributed by atoms with Crippen molar-refractivity contribution in [3.8, 4) is 28.6 Å². The number of ether oxygens (including phenoxy) is 2. The van der Waals surface area contributed by atoms with Gasteiger partial charge in [0.1, 0.15) is 5.82 Å². The summed E-state index contributed by atoms with van der Waals surface area (Å²) < 4.78 is 13.3. The Kier molecular flexibility index (Phi) is 5.98. The quantitative estimate of drug-likeness (QED) is 0.405. The van der Waals surface area contributed by atoms with Gasteiger partial charge in [0.15, 0.2) is 11.5 Å². The van der Waals surface area contributed by atoms with Gasteiger partial charge in [-0.05, 0) is 53.9 Å². The highest BCUT2D eigenvalue weighted by Gasteiger charge is 2.22. The van der Waals surface area contributed by atoms with Gasteiger partial charge in [-0.2, -0.15) is 0 Å². The lowest BCUT2D eigenvalue weighted by Gasteiger charge is -2.34. The average Bonchev–Trinajstić information content (AvgIpc) is 3.49. The molecule has 0 amide bonds. The third kappa shape index (κ3) is 4.55. The maximum absolute atomic E-state index is 5.55. The first-order chi connectivity index (χ1) is 17.2. The molecule has 0 atom stereocenters. The van der Waals surface area contributed by atoms with E-state index in [1.807, 2.05) is 18.3 Å². The Hall–Kier alpha value is -3.61. The van der Waals surface area contributed by atoms with E-state index in [0.717, 1.165) is 56.6 Å². The smallest absolute Gasteiger partial charge is 0.231 e. The van der Waals surface area contributed by atoms with Crippen LogP contribution < -0.4 is 9.47 Å². The lowest BCUT2D eigenvalue weighted by molar-refractivity contribution is 0.122. The fourth-order valence-electron chi connectivity index (χ4n) is 5.16. The molecule has 0 spiro atoms. The van der Waals surface area contributed by atoms with Crippen LogP contribution in [0, 0.1) is 6.92 Å². The van der Waals surface area contributed by atoms with Gasteiger partial charge >= 0.3 is 0 Å². The first kappa shape index (κ1) is 21.9. The van der Waals surface area contributed by atoms with E-state index in [9.17, 15) is 0 Å². The van der Waals surface area contributed by atoms with Gasteiger partial charge in [-0.15, -0.1) is 0 Å². The highest BCUT2D eigenvalue weighted by Crippen LogP contribution is 2.33. The molecular formula is C29H30N4O2. The van der Waals surface area contributed by atoms with E-state index in [2.05, 4.69) is 86.9 Å². The summed E-state index contributed by atoms with van der Waals surface area (Å²) >= 11 is 0. The zero-order valence-electron chi connectivity index (χ0n) is 20.1. The van der Waals surface area contributed by atoms with Crippen LogP contribution in [0.1, 0.15) is 16.8 Å². The number of aromatic nitrogens is 2. The molecule has 0 bridgehead atoms. The molecule has 2 aromatic carbocycles. The summed E-state index contributed by atoms with van der Waals surface area (Å²) in [5.74, 6) is 2.67. The summed E-state index contributed by atoms with van der Waals surface area (Å²) in [6.45, 7) is 8.57. The molecule has 0 N–H and O–H groups in total. The molecule has 2 aromatic heterocycles. The van der Waals surface area contributed by atoms with Gasteiger partial charge in [0, 0.05) is 51.2 Å². The van der Waals surface area contributed by atoms with Crippen molar-refractivity contribution >= 4 is 0 Å².